The molecule has 0 saturated carbocycles. The Labute approximate surface area is 160 Å². The number of piperidine rings is 1. The van der Waals surface area contributed by atoms with Crippen LogP contribution >= 0.6 is 11.3 Å². The molecule has 1 atom stereocenters. The van der Waals surface area contributed by atoms with Crippen LogP contribution in [0.15, 0.2) is 34.9 Å². The lowest BCUT2D eigenvalue weighted by atomic mass is 9.94. The topological polar surface area (TPSA) is 72.1 Å². The summed E-state index contributed by atoms with van der Waals surface area (Å²) in [5.41, 5.74) is -0.404. The van der Waals surface area contributed by atoms with E-state index in [1.165, 1.54) is 16.2 Å². The lowest BCUT2D eigenvalue weighted by molar-refractivity contribution is 0.0154. The number of nitrogens with zero attached hydrogens (tertiary/aromatic N) is 4. The van der Waals surface area contributed by atoms with Crippen molar-refractivity contribution < 1.29 is 13.7 Å². The van der Waals surface area contributed by atoms with Gasteiger partial charge in [-0.15, -0.1) is 11.3 Å². The number of carbonyl (C=O) groups is 1. The first-order valence-corrected chi connectivity index (χ1v) is 9.60. The van der Waals surface area contributed by atoms with E-state index in [0.717, 1.165) is 10.6 Å². The molecule has 0 N–H and O–H groups in total. The average Bonchev–Trinajstić information content (AvgIpc) is 3.29. The molecule has 27 heavy (non-hydrogen) atoms. The van der Waals surface area contributed by atoms with Crippen molar-refractivity contribution in [3.63, 3.8) is 0 Å². The minimum absolute atomic E-state index is 0.0731. The van der Waals surface area contributed by atoms with Crippen LogP contribution in [0.3, 0.4) is 0 Å². The van der Waals surface area contributed by atoms with Crippen LogP contribution in [-0.4, -0.2) is 39.0 Å². The van der Waals surface area contributed by atoms with Gasteiger partial charge in [-0.25, -0.2) is 9.37 Å². The maximum atomic E-state index is 15.7. The Balaban J connectivity index is 1.57. The number of halogens is 1. The number of aryl methyl sites for hydroxylation is 2. The zero-order valence-electron chi connectivity index (χ0n) is 15.1. The average molecular weight is 386 g/mol. The molecule has 1 amide bonds. The quantitative estimate of drug-likeness (QED) is 0.682. The summed E-state index contributed by atoms with van der Waals surface area (Å²) in [4.78, 5) is 23.5. The summed E-state index contributed by atoms with van der Waals surface area (Å²) in [6.45, 7) is 4.06. The van der Waals surface area contributed by atoms with Crippen LogP contribution in [0, 0.1) is 13.8 Å². The first-order valence-electron chi connectivity index (χ1n) is 8.78. The second-order valence-corrected chi connectivity index (χ2v) is 7.94. The number of carbonyl (C=O) groups excluding carboxylic acids is 1. The first-order chi connectivity index (χ1) is 13.0. The Kier molecular flexibility index (Phi) is 4.51. The Morgan fingerprint density at radius 1 is 1.26 bits per heavy atom. The molecule has 1 fully saturated rings. The monoisotopic (exact) mass is 386 g/mol. The van der Waals surface area contributed by atoms with E-state index in [-0.39, 0.29) is 24.8 Å². The summed E-state index contributed by atoms with van der Waals surface area (Å²) < 4.78 is 20.9. The van der Waals surface area contributed by atoms with E-state index < -0.39 is 5.67 Å². The lowest BCUT2D eigenvalue weighted by Gasteiger charge is -2.34. The summed E-state index contributed by atoms with van der Waals surface area (Å²) >= 11 is 1.34. The third-order valence-electron chi connectivity index (χ3n) is 4.67. The number of hydrogen-bond donors (Lipinski definition) is 0. The van der Waals surface area contributed by atoms with Crippen molar-refractivity contribution >= 4 is 17.2 Å². The number of likely N-dealkylation sites (tertiary alicyclic amines) is 1. The standard InChI is InChI=1S/C19H19FN4O2S/c1-12-15(27-13(2)21-12)17(25)24-10-6-9-19(20,11-24)18-22-16(23-26-18)14-7-4-3-5-8-14/h3-5,7-8H,6,9-11H2,1-2H3. The highest BCUT2D eigenvalue weighted by atomic mass is 32.1. The van der Waals surface area contributed by atoms with Gasteiger partial charge in [-0.3, -0.25) is 4.79 Å². The Morgan fingerprint density at radius 2 is 2.04 bits per heavy atom. The van der Waals surface area contributed by atoms with Crippen LogP contribution in [0.25, 0.3) is 11.4 Å². The second kappa shape index (κ2) is 6.84. The summed E-state index contributed by atoms with van der Waals surface area (Å²) in [6, 6.07) is 9.28. The number of benzene rings is 1. The van der Waals surface area contributed by atoms with Crippen LogP contribution in [0.4, 0.5) is 4.39 Å². The number of aromatic nitrogens is 3. The van der Waals surface area contributed by atoms with Gasteiger partial charge < -0.3 is 9.42 Å². The minimum atomic E-state index is -1.85. The number of amides is 1. The smallest absolute Gasteiger partial charge is 0.266 e. The lowest BCUT2D eigenvalue weighted by Crippen LogP contribution is -2.46. The Hall–Kier alpha value is -2.61. The maximum absolute atomic E-state index is 15.7. The second-order valence-electron chi connectivity index (χ2n) is 6.73. The normalized spacial score (nSPS) is 20.0. The molecule has 8 heteroatoms. The zero-order valence-corrected chi connectivity index (χ0v) is 15.9. The van der Waals surface area contributed by atoms with E-state index >= 15 is 4.39 Å². The van der Waals surface area contributed by atoms with Crippen molar-refractivity contribution in [3.8, 4) is 11.4 Å². The molecule has 140 valence electrons. The van der Waals surface area contributed by atoms with Gasteiger partial charge in [0.15, 0.2) is 0 Å². The molecule has 6 nitrogen and oxygen atoms in total. The third kappa shape index (κ3) is 3.37. The van der Waals surface area contributed by atoms with Crippen molar-refractivity contribution in [2.45, 2.75) is 32.4 Å². The molecule has 1 unspecified atom stereocenters. The summed E-state index contributed by atoms with van der Waals surface area (Å²) in [6.07, 6.45) is 0.774. The fraction of sp³-hybridized carbons (Fsp3) is 0.368. The molecule has 4 rings (SSSR count). The van der Waals surface area contributed by atoms with Gasteiger partial charge in [0, 0.05) is 12.1 Å². The third-order valence-corrected chi connectivity index (χ3v) is 5.73. The van der Waals surface area contributed by atoms with Gasteiger partial charge >= 0.3 is 0 Å². The summed E-state index contributed by atoms with van der Waals surface area (Å²) in [7, 11) is 0. The minimum Gasteiger partial charge on any atom is -0.335 e. The van der Waals surface area contributed by atoms with Gasteiger partial charge in [0.25, 0.3) is 11.8 Å². The molecule has 2 aromatic heterocycles. The molecular formula is C19H19FN4O2S. The van der Waals surface area contributed by atoms with Gasteiger partial charge in [-0.05, 0) is 26.7 Å². The van der Waals surface area contributed by atoms with Gasteiger partial charge in [0.1, 0.15) is 4.88 Å². The maximum Gasteiger partial charge on any atom is 0.266 e. The SMILES string of the molecule is Cc1nc(C)c(C(=O)N2CCCC(F)(c3nc(-c4ccccc4)no3)C2)s1. The molecule has 0 bridgehead atoms. The van der Waals surface area contributed by atoms with E-state index in [0.29, 0.717) is 29.4 Å². The molecule has 1 aliphatic rings. The molecule has 0 aliphatic carbocycles. The van der Waals surface area contributed by atoms with Crippen LogP contribution in [0.1, 0.15) is 39.1 Å². The molecule has 3 aromatic rings. The zero-order chi connectivity index (χ0) is 19.0. The first kappa shape index (κ1) is 17.8. The molecule has 3 heterocycles. The molecule has 0 spiro atoms. The van der Waals surface area contributed by atoms with Crippen LogP contribution in [-0.2, 0) is 5.67 Å². The van der Waals surface area contributed by atoms with Crippen LogP contribution in [0.2, 0.25) is 0 Å². The Bertz CT molecular complexity index is 971. The van der Waals surface area contributed by atoms with Crippen molar-refractivity contribution in [1.29, 1.82) is 0 Å². The predicted molar refractivity (Wildman–Crippen MR) is 99.2 cm³/mol. The van der Waals surface area contributed by atoms with E-state index in [9.17, 15) is 4.79 Å². The predicted octanol–water partition coefficient (Wildman–Crippen LogP) is 3.91. The molecule has 0 radical (unpaired) electrons. The van der Waals surface area contributed by atoms with E-state index in [1.54, 1.807) is 6.92 Å². The number of thiazole rings is 1. The largest absolute Gasteiger partial charge is 0.335 e. The van der Waals surface area contributed by atoms with Gasteiger partial charge in [0.05, 0.1) is 17.2 Å². The molecule has 1 saturated heterocycles. The number of hydrogen-bond acceptors (Lipinski definition) is 6. The van der Waals surface area contributed by atoms with Crippen molar-refractivity contribution in [2.24, 2.45) is 0 Å². The highest BCUT2D eigenvalue weighted by molar-refractivity contribution is 7.13. The fourth-order valence-corrected chi connectivity index (χ4v) is 4.23. The van der Waals surface area contributed by atoms with E-state index in [4.69, 9.17) is 4.52 Å². The van der Waals surface area contributed by atoms with E-state index in [1.807, 2.05) is 37.3 Å². The van der Waals surface area contributed by atoms with Gasteiger partial charge in [-0.1, -0.05) is 35.5 Å². The molecule has 1 aliphatic heterocycles. The number of alkyl halides is 1. The molecular weight excluding hydrogens is 367 g/mol. The fourth-order valence-electron chi connectivity index (χ4n) is 3.34. The summed E-state index contributed by atoms with van der Waals surface area (Å²) in [5.74, 6) is 0.0821. The van der Waals surface area contributed by atoms with Crippen LogP contribution < -0.4 is 0 Å². The highest BCUT2D eigenvalue weighted by Gasteiger charge is 2.44. The number of rotatable bonds is 3. The van der Waals surface area contributed by atoms with Crippen molar-refractivity contribution in [3.05, 3.63) is 51.8 Å². The highest BCUT2D eigenvalue weighted by Crippen LogP contribution is 2.36. The van der Waals surface area contributed by atoms with E-state index in [2.05, 4.69) is 15.1 Å². The van der Waals surface area contributed by atoms with Gasteiger partial charge in [-0.2, -0.15) is 4.98 Å². The summed E-state index contributed by atoms with van der Waals surface area (Å²) in [5, 5.41) is 4.74. The van der Waals surface area contributed by atoms with Crippen molar-refractivity contribution in [2.75, 3.05) is 13.1 Å². The van der Waals surface area contributed by atoms with Gasteiger partial charge in [0.2, 0.25) is 11.5 Å². The van der Waals surface area contributed by atoms with Crippen LogP contribution in [0.5, 0.6) is 0 Å². The van der Waals surface area contributed by atoms with Crippen molar-refractivity contribution in [1.82, 2.24) is 20.0 Å². The molecule has 1 aromatic carbocycles. The Morgan fingerprint density at radius 3 is 2.74 bits per heavy atom.